The molecule has 0 fully saturated rings. The van der Waals surface area contributed by atoms with E-state index >= 15 is 0 Å². The van der Waals surface area contributed by atoms with Crippen molar-refractivity contribution in [3.05, 3.63) is 90.1 Å². The highest BCUT2D eigenvalue weighted by Crippen LogP contribution is 2.30. The van der Waals surface area contributed by atoms with Gasteiger partial charge in [-0.15, -0.1) is 0 Å². The number of carbonyl (C=O) groups is 1. The van der Waals surface area contributed by atoms with Gasteiger partial charge in [-0.25, -0.2) is 13.6 Å². The van der Waals surface area contributed by atoms with Crippen LogP contribution in [0.3, 0.4) is 0 Å². The maximum Gasteiger partial charge on any atom is 0.254 e. The standard InChI is InChI=1S/C25H21N3O4S/c26-33(30,31)22-6-3-5-19(14-22)25(29)28-10-11-32-24-9-8-17(12-21(24)16-28)20-13-18-4-1-2-7-23(18)27-15-20/h1-9,12-15H,10-11,16H2,(H2,26,30,31). The summed E-state index contributed by atoms with van der Waals surface area (Å²) in [7, 11) is -3.90. The molecule has 0 atom stereocenters. The average molecular weight is 460 g/mol. The first-order valence-corrected chi connectivity index (χ1v) is 12.0. The molecule has 7 nitrogen and oxygen atoms in total. The van der Waals surface area contributed by atoms with Crippen LogP contribution in [0.25, 0.3) is 22.0 Å². The molecule has 0 unspecified atom stereocenters. The summed E-state index contributed by atoms with van der Waals surface area (Å²) in [5.41, 5.74) is 4.01. The van der Waals surface area contributed by atoms with Gasteiger partial charge in [-0.05, 0) is 48.0 Å². The van der Waals surface area contributed by atoms with Gasteiger partial charge in [0, 0.05) is 34.8 Å². The molecule has 1 aromatic heterocycles. The van der Waals surface area contributed by atoms with Gasteiger partial charge >= 0.3 is 0 Å². The fourth-order valence-corrected chi connectivity index (χ4v) is 4.52. The van der Waals surface area contributed by atoms with Gasteiger partial charge in [0.1, 0.15) is 12.4 Å². The highest BCUT2D eigenvalue weighted by atomic mass is 32.2. The van der Waals surface area contributed by atoms with Crippen LogP contribution in [-0.2, 0) is 16.6 Å². The third-order valence-corrected chi connectivity index (χ3v) is 6.57. The van der Waals surface area contributed by atoms with E-state index in [9.17, 15) is 13.2 Å². The van der Waals surface area contributed by atoms with Crippen molar-refractivity contribution in [2.45, 2.75) is 11.4 Å². The fourth-order valence-electron chi connectivity index (χ4n) is 3.96. The molecule has 0 aliphatic carbocycles. The molecule has 3 aromatic carbocycles. The Bertz CT molecular complexity index is 1480. The largest absolute Gasteiger partial charge is 0.491 e. The number of amides is 1. The predicted octanol–water partition coefficient (Wildman–Crippen LogP) is 3.58. The quantitative estimate of drug-likeness (QED) is 0.504. The van der Waals surface area contributed by atoms with E-state index in [0.717, 1.165) is 33.3 Å². The molecule has 5 rings (SSSR count). The number of rotatable bonds is 3. The Hall–Kier alpha value is -3.75. The van der Waals surface area contributed by atoms with E-state index in [1.165, 1.54) is 18.2 Å². The number of nitrogens with two attached hydrogens (primary N) is 1. The van der Waals surface area contributed by atoms with Gasteiger partial charge < -0.3 is 9.64 Å². The summed E-state index contributed by atoms with van der Waals surface area (Å²) in [4.78, 5) is 19.3. The summed E-state index contributed by atoms with van der Waals surface area (Å²) in [6, 6.07) is 21.7. The zero-order valence-electron chi connectivity index (χ0n) is 17.6. The summed E-state index contributed by atoms with van der Waals surface area (Å²) >= 11 is 0. The SMILES string of the molecule is NS(=O)(=O)c1cccc(C(=O)N2CCOc3ccc(-c4cnc5ccccc5c4)cc3C2)c1. The molecule has 0 saturated heterocycles. The summed E-state index contributed by atoms with van der Waals surface area (Å²) in [5, 5.41) is 6.27. The van der Waals surface area contributed by atoms with E-state index in [1.54, 1.807) is 11.0 Å². The van der Waals surface area contributed by atoms with Gasteiger partial charge in [0.15, 0.2) is 0 Å². The monoisotopic (exact) mass is 459 g/mol. The van der Waals surface area contributed by atoms with E-state index in [4.69, 9.17) is 9.88 Å². The zero-order chi connectivity index (χ0) is 23.0. The lowest BCUT2D eigenvalue weighted by molar-refractivity contribution is 0.0733. The minimum absolute atomic E-state index is 0.0917. The number of hydrogen-bond acceptors (Lipinski definition) is 5. The number of carbonyl (C=O) groups excluding carboxylic acids is 1. The minimum atomic E-state index is -3.90. The Kier molecular flexibility index (Phi) is 5.32. The number of fused-ring (bicyclic) bond motifs is 2. The summed E-state index contributed by atoms with van der Waals surface area (Å²) in [6.45, 7) is 1.05. The van der Waals surface area contributed by atoms with Crippen molar-refractivity contribution in [1.29, 1.82) is 0 Å². The number of primary sulfonamides is 1. The van der Waals surface area contributed by atoms with Gasteiger partial charge in [0.25, 0.3) is 5.91 Å². The number of ether oxygens (including phenoxy) is 1. The van der Waals surface area contributed by atoms with Crippen molar-refractivity contribution in [2.24, 2.45) is 5.14 Å². The zero-order valence-corrected chi connectivity index (χ0v) is 18.5. The van der Waals surface area contributed by atoms with E-state index < -0.39 is 10.0 Å². The van der Waals surface area contributed by atoms with Gasteiger partial charge in [0.05, 0.1) is 17.0 Å². The number of aromatic nitrogens is 1. The Morgan fingerprint density at radius 1 is 0.970 bits per heavy atom. The van der Waals surface area contributed by atoms with Crippen molar-refractivity contribution in [1.82, 2.24) is 9.88 Å². The molecule has 0 saturated carbocycles. The molecule has 33 heavy (non-hydrogen) atoms. The third kappa shape index (κ3) is 4.30. The van der Waals surface area contributed by atoms with Gasteiger partial charge in [0.2, 0.25) is 10.0 Å². The molecule has 8 heteroatoms. The molecular formula is C25H21N3O4S. The lowest BCUT2D eigenvalue weighted by Gasteiger charge is -2.20. The van der Waals surface area contributed by atoms with Crippen LogP contribution in [0.2, 0.25) is 0 Å². The maximum absolute atomic E-state index is 13.2. The van der Waals surface area contributed by atoms with Gasteiger partial charge in [-0.3, -0.25) is 9.78 Å². The van der Waals surface area contributed by atoms with Crippen LogP contribution < -0.4 is 9.88 Å². The topological polar surface area (TPSA) is 103 Å². The Morgan fingerprint density at radius 2 is 1.82 bits per heavy atom. The average Bonchev–Trinajstić information content (AvgIpc) is 3.05. The summed E-state index contributed by atoms with van der Waals surface area (Å²) in [5.74, 6) is 0.441. The Balaban J connectivity index is 1.46. The van der Waals surface area contributed by atoms with Crippen LogP contribution in [0.5, 0.6) is 5.75 Å². The van der Waals surface area contributed by atoms with E-state index in [2.05, 4.69) is 11.1 Å². The number of benzene rings is 3. The number of sulfonamides is 1. The van der Waals surface area contributed by atoms with E-state index in [-0.39, 0.29) is 16.4 Å². The first-order chi connectivity index (χ1) is 15.9. The Morgan fingerprint density at radius 3 is 2.67 bits per heavy atom. The molecule has 1 aliphatic heterocycles. The molecule has 0 spiro atoms. The van der Waals surface area contributed by atoms with Gasteiger partial charge in [-0.2, -0.15) is 0 Å². The number of hydrogen-bond donors (Lipinski definition) is 1. The fraction of sp³-hybridized carbons (Fsp3) is 0.120. The smallest absolute Gasteiger partial charge is 0.254 e. The molecule has 4 aromatic rings. The van der Waals surface area contributed by atoms with Crippen molar-refractivity contribution in [2.75, 3.05) is 13.2 Å². The molecule has 1 aliphatic rings. The number of pyridine rings is 1. The van der Waals surface area contributed by atoms with Crippen molar-refractivity contribution in [3.63, 3.8) is 0 Å². The van der Waals surface area contributed by atoms with Crippen LogP contribution in [0.1, 0.15) is 15.9 Å². The van der Waals surface area contributed by atoms with Gasteiger partial charge in [-0.1, -0.05) is 30.3 Å². The highest BCUT2D eigenvalue weighted by molar-refractivity contribution is 7.89. The predicted molar refractivity (Wildman–Crippen MR) is 125 cm³/mol. The molecule has 0 bridgehead atoms. The first kappa shape index (κ1) is 21.1. The van der Waals surface area contributed by atoms with E-state index in [1.807, 2.05) is 48.7 Å². The lowest BCUT2D eigenvalue weighted by Crippen LogP contribution is -2.32. The summed E-state index contributed by atoms with van der Waals surface area (Å²) < 4.78 is 29.2. The molecule has 166 valence electrons. The van der Waals surface area contributed by atoms with Crippen molar-refractivity contribution >= 4 is 26.8 Å². The first-order valence-electron chi connectivity index (χ1n) is 10.4. The second-order valence-corrected chi connectivity index (χ2v) is 9.45. The molecule has 0 radical (unpaired) electrons. The summed E-state index contributed by atoms with van der Waals surface area (Å²) in [6.07, 6.45) is 1.84. The van der Waals surface area contributed by atoms with Crippen LogP contribution in [0.15, 0.2) is 83.9 Å². The van der Waals surface area contributed by atoms with Crippen molar-refractivity contribution < 1.29 is 17.9 Å². The van der Waals surface area contributed by atoms with E-state index in [0.29, 0.717) is 19.7 Å². The van der Waals surface area contributed by atoms with Crippen molar-refractivity contribution in [3.8, 4) is 16.9 Å². The second kappa shape index (κ2) is 8.31. The van der Waals surface area contributed by atoms with Crippen LogP contribution >= 0.6 is 0 Å². The highest BCUT2D eigenvalue weighted by Gasteiger charge is 2.22. The Labute approximate surface area is 191 Å². The van der Waals surface area contributed by atoms with Crippen LogP contribution in [0, 0.1) is 0 Å². The number of para-hydroxylation sites is 1. The minimum Gasteiger partial charge on any atom is -0.491 e. The number of nitrogens with zero attached hydrogens (tertiary/aromatic N) is 2. The molecule has 1 amide bonds. The molecule has 2 heterocycles. The molecular weight excluding hydrogens is 438 g/mol. The third-order valence-electron chi connectivity index (χ3n) is 5.66. The van der Waals surface area contributed by atoms with Crippen LogP contribution in [0.4, 0.5) is 0 Å². The second-order valence-electron chi connectivity index (χ2n) is 7.89. The van der Waals surface area contributed by atoms with Crippen LogP contribution in [-0.4, -0.2) is 37.4 Å². The maximum atomic E-state index is 13.2. The normalized spacial score (nSPS) is 13.8. The molecule has 2 N–H and O–H groups in total. The lowest BCUT2D eigenvalue weighted by atomic mass is 10.0.